The molecule has 1 N–H and O–H groups in total. The van der Waals surface area contributed by atoms with Gasteiger partial charge in [-0.05, 0) is 39.2 Å². The second-order valence-electron chi connectivity index (χ2n) is 6.03. The molecule has 0 aliphatic heterocycles. The van der Waals surface area contributed by atoms with Crippen molar-refractivity contribution < 1.29 is 19.6 Å². The van der Waals surface area contributed by atoms with Crippen molar-refractivity contribution in [2.24, 2.45) is 0 Å². The van der Waals surface area contributed by atoms with Crippen molar-refractivity contribution in [3.63, 3.8) is 0 Å². The van der Waals surface area contributed by atoms with Crippen LogP contribution in [0.25, 0.3) is 32.7 Å². The highest BCUT2D eigenvalue weighted by molar-refractivity contribution is 6.08. The maximum absolute atomic E-state index is 11.2. The highest BCUT2D eigenvalue weighted by Crippen LogP contribution is 2.36. The number of carboxylic acid groups (broad SMARTS) is 1. The predicted molar refractivity (Wildman–Crippen MR) is 102 cm³/mol. The van der Waals surface area contributed by atoms with E-state index in [4.69, 9.17) is 9.84 Å². The zero-order chi connectivity index (χ0) is 19.0. The van der Waals surface area contributed by atoms with Crippen molar-refractivity contribution in [2.75, 3.05) is 0 Å². The van der Waals surface area contributed by atoms with E-state index < -0.39 is 11.1 Å². The number of nitro benzene ring substituents is 1. The van der Waals surface area contributed by atoms with Crippen LogP contribution in [0, 0.1) is 10.1 Å². The summed E-state index contributed by atoms with van der Waals surface area (Å²) in [5.41, 5.74) is 0.848. The Morgan fingerprint density at radius 2 is 1.59 bits per heavy atom. The summed E-state index contributed by atoms with van der Waals surface area (Å²) in [6, 6.07) is 21.4. The Kier molecular flexibility index (Phi) is 3.93. The van der Waals surface area contributed by atoms with Crippen LogP contribution in [0.5, 0.6) is 5.75 Å². The first-order valence-electron chi connectivity index (χ1n) is 8.14. The van der Waals surface area contributed by atoms with Crippen LogP contribution in [-0.4, -0.2) is 16.2 Å². The molecule has 0 bridgehead atoms. The fourth-order valence-corrected chi connectivity index (χ4v) is 3.21. The number of fused-ring (bicyclic) bond motifs is 3. The van der Waals surface area contributed by atoms with Gasteiger partial charge in [0.05, 0.1) is 4.92 Å². The molecule has 0 saturated carbocycles. The summed E-state index contributed by atoms with van der Waals surface area (Å²) < 4.78 is 4.83. The van der Waals surface area contributed by atoms with Gasteiger partial charge in [-0.15, -0.1) is 0 Å². The van der Waals surface area contributed by atoms with E-state index in [-0.39, 0.29) is 11.4 Å². The molecule has 4 aromatic carbocycles. The van der Waals surface area contributed by atoms with E-state index >= 15 is 0 Å². The van der Waals surface area contributed by atoms with Crippen LogP contribution in [0.1, 0.15) is 0 Å². The lowest BCUT2D eigenvalue weighted by Gasteiger charge is -2.10. The number of non-ortho nitro benzene ring substituents is 1. The van der Waals surface area contributed by atoms with Crippen LogP contribution >= 0.6 is 0 Å². The third kappa shape index (κ3) is 3.04. The first-order valence-corrected chi connectivity index (χ1v) is 8.14. The number of ether oxygens (including phenoxy) is 1. The van der Waals surface area contributed by atoms with E-state index in [1.165, 1.54) is 18.2 Å². The minimum absolute atomic E-state index is 0.0488. The molecule has 0 aliphatic rings. The highest BCUT2D eigenvalue weighted by Gasteiger charge is 2.16. The monoisotopic (exact) mass is 359 g/mol. The average Bonchev–Trinajstić information content (AvgIpc) is 2.67. The molecule has 0 radical (unpaired) electrons. The van der Waals surface area contributed by atoms with Gasteiger partial charge in [0, 0.05) is 17.7 Å². The van der Waals surface area contributed by atoms with Crippen LogP contribution in [0.15, 0.2) is 72.8 Å². The van der Waals surface area contributed by atoms with Crippen molar-refractivity contribution >= 4 is 33.4 Å². The predicted octanol–water partition coefficient (Wildman–Crippen LogP) is 5.63. The minimum Gasteiger partial charge on any atom is -0.449 e. The standard InChI is InChI=1S/C21H13NO5/c23-21(24)27-20-10-9-16(22(25)26)12-19(20)15-8-7-14-6-5-13-3-1-2-4-17(13)18(14)11-15/h1-12H,(H,23,24). The Balaban J connectivity index is 1.98. The second-order valence-corrected chi connectivity index (χ2v) is 6.03. The lowest BCUT2D eigenvalue weighted by molar-refractivity contribution is -0.384. The van der Waals surface area contributed by atoms with Gasteiger partial charge >= 0.3 is 6.16 Å². The Morgan fingerprint density at radius 1 is 0.889 bits per heavy atom. The van der Waals surface area contributed by atoms with Gasteiger partial charge < -0.3 is 9.84 Å². The van der Waals surface area contributed by atoms with Crippen molar-refractivity contribution in [2.45, 2.75) is 0 Å². The maximum Gasteiger partial charge on any atom is 0.511 e. The van der Waals surface area contributed by atoms with E-state index in [2.05, 4.69) is 0 Å². The second kappa shape index (κ2) is 6.42. The molecule has 0 aliphatic carbocycles. The minimum atomic E-state index is -1.48. The molecule has 0 saturated heterocycles. The summed E-state index contributed by atoms with van der Waals surface area (Å²) in [5.74, 6) is 0.0488. The van der Waals surface area contributed by atoms with E-state index in [1.54, 1.807) is 6.07 Å². The number of carbonyl (C=O) groups is 1. The van der Waals surface area contributed by atoms with Crippen LogP contribution in [0.3, 0.4) is 0 Å². The first-order chi connectivity index (χ1) is 13.0. The molecule has 0 atom stereocenters. The van der Waals surface area contributed by atoms with Gasteiger partial charge in [0.1, 0.15) is 5.75 Å². The molecule has 0 spiro atoms. The van der Waals surface area contributed by atoms with Crippen LogP contribution in [0.2, 0.25) is 0 Å². The summed E-state index contributed by atoms with van der Waals surface area (Å²) in [6.07, 6.45) is -1.48. The van der Waals surface area contributed by atoms with Gasteiger partial charge in [-0.3, -0.25) is 10.1 Å². The molecule has 0 aromatic heterocycles. The molecule has 27 heavy (non-hydrogen) atoms. The zero-order valence-corrected chi connectivity index (χ0v) is 14.0. The largest absolute Gasteiger partial charge is 0.511 e. The Hall–Kier alpha value is -3.93. The van der Waals surface area contributed by atoms with Gasteiger partial charge in [0.2, 0.25) is 0 Å². The summed E-state index contributed by atoms with van der Waals surface area (Å²) >= 11 is 0. The molecule has 0 fully saturated rings. The molecule has 132 valence electrons. The molecule has 0 amide bonds. The molecule has 4 rings (SSSR count). The van der Waals surface area contributed by atoms with Gasteiger partial charge in [0.15, 0.2) is 0 Å². The van der Waals surface area contributed by atoms with Crippen molar-refractivity contribution in [3.05, 3.63) is 82.9 Å². The first kappa shape index (κ1) is 16.5. The third-order valence-electron chi connectivity index (χ3n) is 4.43. The quantitative estimate of drug-likeness (QED) is 0.168. The highest BCUT2D eigenvalue weighted by atomic mass is 16.7. The number of benzene rings is 4. The Labute approximate surface area is 153 Å². The maximum atomic E-state index is 11.2. The van der Waals surface area contributed by atoms with Crippen molar-refractivity contribution in [3.8, 4) is 16.9 Å². The fourth-order valence-electron chi connectivity index (χ4n) is 3.21. The average molecular weight is 359 g/mol. The van der Waals surface area contributed by atoms with Gasteiger partial charge in [-0.25, -0.2) is 4.79 Å². The van der Waals surface area contributed by atoms with Crippen molar-refractivity contribution in [1.82, 2.24) is 0 Å². The smallest absolute Gasteiger partial charge is 0.449 e. The number of rotatable bonds is 3. The SMILES string of the molecule is O=C(O)Oc1ccc([N+](=O)[O-])cc1-c1ccc2ccc3ccccc3c2c1. The van der Waals surface area contributed by atoms with Crippen LogP contribution in [-0.2, 0) is 0 Å². The molecule has 0 heterocycles. The van der Waals surface area contributed by atoms with Gasteiger partial charge in [-0.1, -0.05) is 48.5 Å². The summed E-state index contributed by atoms with van der Waals surface area (Å²) in [6.45, 7) is 0. The van der Waals surface area contributed by atoms with Gasteiger partial charge in [-0.2, -0.15) is 0 Å². The topological polar surface area (TPSA) is 89.7 Å². The number of nitro groups is 1. The Bertz CT molecular complexity index is 1220. The molecule has 6 nitrogen and oxygen atoms in total. The van der Waals surface area contributed by atoms with Gasteiger partial charge in [0.25, 0.3) is 5.69 Å². The lowest BCUT2D eigenvalue weighted by Crippen LogP contribution is -2.04. The molecule has 6 heteroatoms. The lowest BCUT2D eigenvalue weighted by atomic mass is 9.96. The van der Waals surface area contributed by atoms with Crippen LogP contribution < -0.4 is 4.74 Å². The molecular weight excluding hydrogens is 346 g/mol. The molecule has 0 unspecified atom stereocenters. The third-order valence-corrected chi connectivity index (χ3v) is 4.43. The number of hydrogen-bond donors (Lipinski definition) is 1. The van der Waals surface area contributed by atoms with E-state index in [0.717, 1.165) is 21.5 Å². The normalized spacial score (nSPS) is 10.8. The summed E-state index contributed by atoms with van der Waals surface area (Å²) in [7, 11) is 0. The number of nitrogens with zero attached hydrogens (tertiary/aromatic N) is 1. The van der Waals surface area contributed by atoms with E-state index in [1.807, 2.05) is 48.5 Å². The summed E-state index contributed by atoms with van der Waals surface area (Å²) in [4.78, 5) is 21.6. The Morgan fingerprint density at radius 3 is 2.33 bits per heavy atom. The van der Waals surface area contributed by atoms with E-state index in [9.17, 15) is 14.9 Å². The molecule has 4 aromatic rings. The molecular formula is C21H13NO5. The van der Waals surface area contributed by atoms with Crippen molar-refractivity contribution in [1.29, 1.82) is 0 Å². The van der Waals surface area contributed by atoms with E-state index in [0.29, 0.717) is 11.1 Å². The van der Waals surface area contributed by atoms with Crippen LogP contribution in [0.4, 0.5) is 10.5 Å². The zero-order valence-electron chi connectivity index (χ0n) is 14.0. The fraction of sp³-hybridized carbons (Fsp3) is 0. The number of hydrogen-bond acceptors (Lipinski definition) is 4. The summed E-state index contributed by atoms with van der Waals surface area (Å²) in [5, 5.41) is 24.2.